The minimum atomic E-state index is -0.624. The molecule has 1 aromatic rings. The Kier molecular flexibility index (Phi) is 43.2. The molecule has 0 saturated heterocycles. The average molecular weight is 1140 g/mol. The molecule has 77 heavy (non-hydrogen) atoms. The van der Waals surface area contributed by atoms with Gasteiger partial charge in [0, 0.05) is 61.5 Å². The predicted molar refractivity (Wildman–Crippen MR) is 295 cm³/mol. The first-order valence-corrected chi connectivity index (χ1v) is 26.7. The number of hydrogen-bond donors (Lipinski definition) is 3. The van der Waals surface area contributed by atoms with E-state index in [1.54, 1.807) is 25.1 Å². The van der Waals surface area contributed by atoms with Crippen LogP contribution in [0.5, 0.6) is 0 Å². The average Bonchev–Trinajstić information content (AvgIpc) is 3.56. The molecule has 1 heterocycles. The second kappa shape index (κ2) is 46.9. The van der Waals surface area contributed by atoms with Crippen LogP contribution in [-0.4, -0.2) is 243 Å². The normalized spacial score (nSPS) is 12.5. The molecule has 24 nitrogen and oxygen atoms in total. The van der Waals surface area contributed by atoms with Gasteiger partial charge in [0.15, 0.2) is 0 Å². The zero-order chi connectivity index (χ0) is 55.4. The molecule has 1 aliphatic heterocycles. The van der Waals surface area contributed by atoms with Gasteiger partial charge in [-0.25, -0.2) is 14.9 Å². The molecular formula is C51H89N7O17S2. The van der Waals surface area contributed by atoms with E-state index in [-0.39, 0.29) is 82.9 Å². The van der Waals surface area contributed by atoms with Crippen molar-refractivity contribution in [2.75, 3.05) is 193 Å². The monoisotopic (exact) mass is 1140 g/mol. The number of nitrogens with zero attached hydrogens (tertiary/aromatic N) is 4. The van der Waals surface area contributed by atoms with Gasteiger partial charge in [0.05, 0.1) is 151 Å². The Hall–Kier alpha value is -4.00. The van der Waals surface area contributed by atoms with E-state index in [0.717, 1.165) is 16.7 Å². The van der Waals surface area contributed by atoms with E-state index in [2.05, 4.69) is 15.6 Å². The van der Waals surface area contributed by atoms with Crippen LogP contribution in [0.15, 0.2) is 33.7 Å². The molecule has 1 unspecified atom stereocenters. The summed E-state index contributed by atoms with van der Waals surface area (Å²) in [6.07, 6.45) is 2.90. The van der Waals surface area contributed by atoms with Crippen molar-refractivity contribution in [1.29, 1.82) is 0 Å². The molecule has 4 amide bonds. The Morgan fingerprint density at radius 3 is 1.61 bits per heavy atom. The maximum Gasteiger partial charge on any atom is 0.407 e. The van der Waals surface area contributed by atoms with Crippen LogP contribution in [0.2, 0.25) is 0 Å². The highest BCUT2D eigenvalue weighted by Gasteiger charge is 2.26. The first-order valence-electron chi connectivity index (χ1n) is 26.0. The van der Waals surface area contributed by atoms with Gasteiger partial charge in [-0.1, -0.05) is 26.8 Å². The smallest absolute Gasteiger partial charge is 0.407 e. The largest absolute Gasteiger partial charge is 0.447 e. The number of carbonyl (C=O) groups is 5. The highest BCUT2D eigenvalue weighted by Crippen LogP contribution is 2.32. The number of nitrogens with two attached hydrogens (primary N) is 1. The third-order valence-corrected chi connectivity index (χ3v) is 11.2. The van der Waals surface area contributed by atoms with Crippen LogP contribution < -0.4 is 16.4 Å². The van der Waals surface area contributed by atoms with Gasteiger partial charge in [0.1, 0.15) is 18.7 Å². The molecule has 0 fully saturated rings. The summed E-state index contributed by atoms with van der Waals surface area (Å²) in [5, 5.41) is 6.62. The van der Waals surface area contributed by atoms with E-state index in [9.17, 15) is 24.0 Å². The molecular weight excluding hydrogens is 1050 g/mol. The van der Waals surface area contributed by atoms with E-state index < -0.39 is 12.0 Å². The number of rotatable bonds is 48. The van der Waals surface area contributed by atoms with Crippen LogP contribution in [0.3, 0.4) is 0 Å². The molecule has 0 spiro atoms. The van der Waals surface area contributed by atoms with Crippen molar-refractivity contribution in [2.24, 2.45) is 22.6 Å². The number of hydroxylamine groups is 2. The van der Waals surface area contributed by atoms with E-state index in [0.29, 0.717) is 162 Å². The van der Waals surface area contributed by atoms with Crippen molar-refractivity contribution < 1.29 is 80.9 Å². The number of hydrogen-bond acceptors (Lipinski definition) is 21. The molecule has 0 radical (unpaired) electrons. The molecule has 0 bridgehead atoms. The number of nitrogens with one attached hydrogen (secondary N) is 2. The number of carbonyl (C=O) groups excluding carboxylic acids is 5. The van der Waals surface area contributed by atoms with Crippen molar-refractivity contribution in [2.45, 2.75) is 44.9 Å². The quantitative estimate of drug-likeness (QED) is 0.0366. The predicted octanol–water partition coefficient (Wildman–Crippen LogP) is 2.64. The lowest BCUT2D eigenvalue weighted by atomic mass is 9.92. The van der Waals surface area contributed by atoms with Crippen LogP contribution in [-0.2, 0) is 76.1 Å². The van der Waals surface area contributed by atoms with Gasteiger partial charge in [0.2, 0.25) is 11.8 Å². The van der Waals surface area contributed by atoms with E-state index in [4.69, 9.17) is 62.7 Å². The number of amidine groups is 1. The molecule has 26 heteroatoms. The van der Waals surface area contributed by atoms with E-state index in [1.165, 1.54) is 9.96 Å². The molecule has 442 valence electrons. The number of aldehydes is 1. The third kappa shape index (κ3) is 36.0. The lowest BCUT2D eigenvalue weighted by Gasteiger charge is -2.24. The zero-order valence-electron chi connectivity index (χ0n) is 46.3. The first-order chi connectivity index (χ1) is 36.9. The van der Waals surface area contributed by atoms with Gasteiger partial charge >= 0.3 is 6.09 Å². The van der Waals surface area contributed by atoms with Crippen LogP contribution >= 0.6 is 25.4 Å². The number of likely N-dealkylation sites (N-methyl/N-ethyl adjacent to an activating group) is 1. The summed E-state index contributed by atoms with van der Waals surface area (Å²) in [4.78, 5) is 73.8. The zero-order valence-corrected chi connectivity index (χ0v) is 48.1. The minimum absolute atomic E-state index is 0. The summed E-state index contributed by atoms with van der Waals surface area (Å²) in [6.45, 7) is 14.6. The van der Waals surface area contributed by atoms with Crippen molar-refractivity contribution in [3.8, 4) is 0 Å². The number of fused-ring (bicyclic) bond motifs is 1. The van der Waals surface area contributed by atoms with Gasteiger partial charge in [-0.05, 0) is 56.6 Å². The molecule has 0 aromatic heterocycles. The van der Waals surface area contributed by atoms with E-state index in [1.807, 2.05) is 57.4 Å². The fourth-order valence-electron chi connectivity index (χ4n) is 6.65. The van der Waals surface area contributed by atoms with Crippen LogP contribution in [0.25, 0.3) is 6.08 Å². The number of benzene rings is 1. The molecule has 0 aliphatic carbocycles. The number of ether oxygens (including phenoxy) is 11. The topological polar surface area (TPSA) is 268 Å². The summed E-state index contributed by atoms with van der Waals surface area (Å²) in [7, 11) is 5.47. The summed E-state index contributed by atoms with van der Waals surface area (Å²) in [5.74, 6) is -0.920. The van der Waals surface area contributed by atoms with Crippen molar-refractivity contribution in [3.05, 3.63) is 29.3 Å². The standard InChI is InChI=1S/C51H87N7O17S.H2S/c1-7-13-58(49(61)43-37-42-8-9-44(76-56(4)5)39-46(42)55-47(52)38-43)75-16-12-54-51(63)74-36-35-73-34-33-72-32-31-71-30-29-70-28-27-69-26-25-68-24-23-67-22-21-66-20-19-65-18-17-64-15-11-53-48(60)40-57(6)50(62)45(10-14-59)41(2)3;/h8-9,14,37,39,41,45H,7,10-13,15-36,38,40H2,1-6H3,(H2,52,55)(H,53,60)(H,54,63);1H2. The Bertz CT molecular complexity index is 1820. The molecule has 1 aliphatic rings. The van der Waals surface area contributed by atoms with Crippen LogP contribution in [0.1, 0.15) is 45.6 Å². The van der Waals surface area contributed by atoms with Crippen LogP contribution in [0.4, 0.5) is 10.5 Å². The Morgan fingerprint density at radius 1 is 0.688 bits per heavy atom. The minimum Gasteiger partial charge on any atom is -0.447 e. The second-order valence-electron chi connectivity index (χ2n) is 17.3. The molecule has 0 saturated carbocycles. The van der Waals surface area contributed by atoms with E-state index >= 15 is 0 Å². The summed E-state index contributed by atoms with van der Waals surface area (Å²) >= 11 is 1.56. The van der Waals surface area contributed by atoms with Gasteiger partial charge in [-0.3, -0.25) is 23.5 Å². The molecule has 2 rings (SSSR count). The van der Waals surface area contributed by atoms with Crippen molar-refractivity contribution >= 4 is 73.1 Å². The summed E-state index contributed by atoms with van der Waals surface area (Å²) in [6, 6.07) is 5.84. The second-order valence-corrected chi connectivity index (χ2v) is 18.7. The van der Waals surface area contributed by atoms with Crippen LogP contribution in [0, 0.1) is 11.8 Å². The summed E-state index contributed by atoms with van der Waals surface area (Å²) in [5.41, 5.74) is 8.15. The Labute approximate surface area is 466 Å². The number of amides is 4. The van der Waals surface area contributed by atoms with Gasteiger partial charge in [-0.15, -0.1) is 0 Å². The molecule has 4 N–H and O–H groups in total. The Morgan fingerprint density at radius 2 is 1.16 bits per heavy atom. The maximum atomic E-state index is 13.5. The third-order valence-electron chi connectivity index (χ3n) is 10.4. The van der Waals surface area contributed by atoms with Crippen molar-refractivity contribution in [1.82, 2.24) is 24.9 Å². The fourth-order valence-corrected chi connectivity index (χ4v) is 7.37. The van der Waals surface area contributed by atoms with Gasteiger partial charge < -0.3 is 78.2 Å². The van der Waals surface area contributed by atoms with Gasteiger partial charge in [-0.2, -0.15) is 13.5 Å². The summed E-state index contributed by atoms with van der Waals surface area (Å²) < 4.78 is 62.0. The lowest BCUT2D eigenvalue weighted by Crippen LogP contribution is -2.42. The highest BCUT2D eigenvalue weighted by atomic mass is 32.2. The molecule has 1 atom stereocenters. The Balaban J connectivity index is 0.0000296. The first kappa shape index (κ1) is 71.0. The highest BCUT2D eigenvalue weighted by molar-refractivity contribution is 7.97. The number of aliphatic imine (C=N–C) groups is 1. The maximum absolute atomic E-state index is 13.5. The van der Waals surface area contributed by atoms with Crippen molar-refractivity contribution in [3.63, 3.8) is 0 Å². The molecule has 1 aromatic carbocycles. The van der Waals surface area contributed by atoms with Gasteiger partial charge in [0.25, 0.3) is 5.91 Å². The lowest BCUT2D eigenvalue weighted by molar-refractivity contribution is -0.181. The fraction of sp³-hybridized carbons (Fsp3) is 0.725. The SMILES string of the molecule is CCCN(OCCNC(=O)OCCOCCOCCOCCOCCOCCOCCOCCOCCOCCOCCNC(=O)CN(C)C(=O)C(CC=O)C(C)C)C(=O)C1=Cc2ccc(SN(C)C)cc2N=C(N)C1.S. The number of alkyl carbamates (subject to hydrolysis) is 1.